The second kappa shape index (κ2) is 8.43. The monoisotopic (exact) mass is 348 g/mol. The lowest BCUT2D eigenvalue weighted by molar-refractivity contribution is 0.121. The molecule has 0 unspecified atom stereocenters. The van der Waals surface area contributed by atoms with Crippen molar-refractivity contribution in [1.29, 1.82) is 0 Å². The molecular formula is C23H25OP. The van der Waals surface area contributed by atoms with Crippen LogP contribution in [0, 0.1) is 0 Å². The van der Waals surface area contributed by atoms with Gasteiger partial charge in [0.25, 0.3) is 0 Å². The molecule has 0 spiro atoms. The molecule has 3 aromatic carbocycles. The summed E-state index contributed by atoms with van der Waals surface area (Å²) in [5.74, 6) is 0. The number of benzene rings is 3. The maximum Gasteiger partial charge on any atom is 0.0925 e. The van der Waals surface area contributed by atoms with E-state index in [-0.39, 0.29) is 5.60 Å². The molecule has 3 rings (SSSR count). The van der Waals surface area contributed by atoms with Crippen LogP contribution in [0.15, 0.2) is 91.0 Å². The molecule has 0 aliphatic carbocycles. The molecule has 0 saturated heterocycles. The summed E-state index contributed by atoms with van der Waals surface area (Å²) in [6, 6.07) is 31.8. The van der Waals surface area contributed by atoms with Crippen molar-refractivity contribution in [3.63, 3.8) is 0 Å². The van der Waals surface area contributed by atoms with E-state index in [0.717, 1.165) is 12.8 Å². The predicted octanol–water partition coefficient (Wildman–Crippen LogP) is 5.46. The highest BCUT2D eigenvalue weighted by atomic mass is 31.1. The van der Waals surface area contributed by atoms with Crippen molar-refractivity contribution in [2.45, 2.75) is 32.3 Å². The smallest absolute Gasteiger partial charge is 0.0925 e. The number of hydrogen-bond donors (Lipinski definition) is 0. The Balaban J connectivity index is 1.77. The van der Waals surface area contributed by atoms with E-state index in [2.05, 4.69) is 105 Å². The van der Waals surface area contributed by atoms with Gasteiger partial charge in [-0.2, -0.15) is 0 Å². The van der Waals surface area contributed by atoms with Crippen LogP contribution in [-0.4, -0.2) is 5.60 Å². The molecule has 128 valence electrons. The third kappa shape index (κ3) is 5.26. The molecule has 0 aliphatic heterocycles. The van der Waals surface area contributed by atoms with Gasteiger partial charge in [-0.1, -0.05) is 91.0 Å². The van der Waals surface area contributed by atoms with Gasteiger partial charge in [-0.25, -0.2) is 0 Å². The van der Waals surface area contributed by atoms with E-state index in [0.29, 0.717) is 0 Å². The quantitative estimate of drug-likeness (QED) is 0.515. The predicted molar refractivity (Wildman–Crippen MR) is 109 cm³/mol. The largest absolute Gasteiger partial charge is 0.344 e. The maximum atomic E-state index is 6.70. The van der Waals surface area contributed by atoms with E-state index < -0.39 is 8.15 Å². The molecule has 3 aromatic rings. The van der Waals surface area contributed by atoms with Crippen molar-refractivity contribution in [2.75, 3.05) is 0 Å². The van der Waals surface area contributed by atoms with Gasteiger partial charge in [0.15, 0.2) is 0 Å². The number of rotatable bonds is 7. The highest BCUT2D eigenvalue weighted by Crippen LogP contribution is 2.41. The van der Waals surface area contributed by atoms with Crippen LogP contribution in [0.2, 0.25) is 0 Å². The lowest BCUT2D eigenvalue weighted by Crippen LogP contribution is -2.27. The Labute approximate surface area is 152 Å². The molecule has 0 aliphatic rings. The summed E-state index contributed by atoms with van der Waals surface area (Å²) >= 11 is 0. The average Bonchev–Trinajstić information content (AvgIpc) is 2.67. The molecule has 0 radical (unpaired) electrons. The molecule has 0 amide bonds. The van der Waals surface area contributed by atoms with Crippen molar-refractivity contribution < 1.29 is 4.52 Å². The first kappa shape index (κ1) is 17.9. The summed E-state index contributed by atoms with van der Waals surface area (Å²) < 4.78 is 6.70. The topological polar surface area (TPSA) is 9.23 Å². The Morgan fingerprint density at radius 3 is 1.60 bits per heavy atom. The van der Waals surface area contributed by atoms with Gasteiger partial charge in [0.2, 0.25) is 0 Å². The van der Waals surface area contributed by atoms with Gasteiger partial charge in [-0.05, 0) is 32.3 Å². The van der Waals surface area contributed by atoms with Crippen LogP contribution in [-0.2, 0) is 10.9 Å². The van der Waals surface area contributed by atoms with Gasteiger partial charge < -0.3 is 4.52 Å². The van der Waals surface area contributed by atoms with Gasteiger partial charge >= 0.3 is 0 Å². The van der Waals surface area contributed by atoms with E-state index in [4.69, 9.17) is 4.52 Å². The summed E-state index contributed by atoms with van der Waals surface area (Å²) in [6.45, 7) is 4.41. The van der Waals surface area contributed by atoms with Crippen LogP contribution in [0.4, 0.5) is 0 Å². The first-order valence-electron chi connectivity index (χ1n) is 8.77. The fraction of sp³-hybridized carbons (Fsp3) is 0.217. The standard InChI is InChI=1S/C23H25OP/c1-23(2,19-18-20-12-6-3-7-13-20)24-25(21-14-8-4-9-15-21)22-16-10-5-11-17-22/h3-17H,18-19H2,1-2H3. The van der Waals surface area contributed by atoms with Gasteiger partial charge in [0.1, 0.15) is 0 Å². The van der Waals surface area contributed by atoms with Crippen LogP contribution in [0.1, 0.15) is 25.8 Å². The Bertz CT molecular complexity index is 714. The van der Waals surface area contributed by atoms with Crippen LogP contribution in [0.25, 0.3) is 0 Å². The molecule has 0 fully saturated rings. The van der Waals surface area contributed by atoms with Crippen molar-refractivity contribution in [1.82, 2.24) is 0 Å². The normalized spacial score (nSPS) is 11.6. The average molecular weight is 348 g/mol. The van der Waals surface area contributed by atoms with Crippen molar-refractivity contribution in [3.05, 3.63) is 96.6 Å². The lowest BCUT2D eigenvalue weighted by Gasteiger charge is -2.31. The third-order valence-electron chi connectivity index (χ3n) is 4.18. The van der Waals surface area contributed by atoms with E-state index in [1.807, 2.05) is 0 Å². The van der Waals surface area contributed by atoms with Gasteiger partial charge in [0, 0.05) is 10.6 Å². The van der Waals surface area contributed by atoms with E-state index in [1.54, 1.807) is 0 Å². The summed E-state index contributed by atoms with van der Waals surface area (Å²) in [4.78, 5) is 0. The Hall–Kier alpha value is -1.95. The highest BCUT2D eigenvalue weighted by molar-refractivity contribution is 7.68. The minimum atomic E-state index is -0.819. The fourth-order valence-corrected chi connectivity index (χ4v) is 4.74. The SMILES string of the molecule is CC(C)(CCc1ccccc1)OP(c1ccccc1)c1ccccc1. The molecule has 0 heterocycles. The Morgan fingerprint density at radius 2 is 1.12 bits per heavy atom. The minimum absolute atomic E-state index is 0.187. The van der Waals surface area contributed by atoms with Crippen LogP contribution in [0.5, 0.6) is 0 Å². The zero-order chi connectivity index (χ0) is 17.5. The lowest BCUT2D eigenvalue weighted by atomic mass is 9.99. The zero-order valence-corrected chi connectivity index (χ0v) is 15.8. The maximum absolute atomic E-state index is 6.70. The number of hydrogen-bond acceptors (Lipinski definition) is 1. The molecule has 0 N–H and O–H groups in total. The van der Waals surface area contributed by atoms with E-state index in [1.165, 1.54) is 16.2 Å². The van der Waals surface area contributed by atoms with Gasteiger partial charge in [-0.15, -0.1) is 0 Å². The Kier molecular flexibility index (Phi) is 6.02. The molecule has 1 nitrogen and oxygen atoms in total. The second-order valence-corrected chi connectivity index (χ2v) is 8.61. The molecule has 25 heavy (non-hydrogen) atoms. The van der Waals surface area contributed by atoms with Gasteiger partial charge in [0.05, 0.1) is 13.7 Å². The molecule has 2 heteroatoms. The minimum Gasteiger partial charge on any atom is -0.344 e. The fourth-order valence-electron chi connectivity index (χ4n) is 2.76. The molecule has 0 bridgehead atoms. The van der Waals surface area contributed by atoms with Gasteiger partial charge in [-0.3, -0.25) is 0 Å². The van der Waals surface area contributed by atoms with E-state index in [9.17, 15) is 0 Å². The first-order chi connectivity index (χ1) is 12.1. The van der Waals surface area contributed by atoms with Crippen LogP contribution >= 0.6 is 8.15 Å². The Morgan fingerprint density at radius 1 is 0.680 bits per heavy atom. The molecular weight excluding hydrogens is 323 g/mol. The molecule has 0 saturated carbocycles. The van der Waals surface area contributed by atoms with Crippen LogP contribution in [0.3, 0.4) is 0 Å². The van der Waals surface area contributed by atoms with E-state index >= 15 is 0 Å². The van der Waals surface area contributed by atoms with Crippen LogP contribution < -0.4 is 10.6 Å². The van der Waals surface area contributed by atoms with Crippen molar-refractivity contribution in [3.8, 4) is 0 Å². The third-order valence-corrected chi connectivity index (χ3v) is 6.39. The molecule has 0 aromatic heterocycles. The second-order valence-electron chi connectivity index (χ2n) is 6.80. The van der Waals surface area contributed by atoms with Crippen molar-refractivity contribution >= 4 is 18.8 Å². The molecule has 0 atom stereocenters. The summed E-state index contributed by atoms with van der Waals surface area (Å²) in [5.41, 5.74) is 1.18. The summed E-state index contributed by atoms with van der Waals surface area (Å²) in [5, 5.41) is 2.52. The summed E-state index contributed by atoms with van der Waals surface area (Å²) in [7, 11) is -0.819. The first-order valence-corrected chi connectivity index (χ1v) is 10.0. The summed E-state index contributed by atoms with van der Waals surface area (Å²) in [6.07, 6.45) is 2.02. The zero-order valence-electron chi connectivity index (χ0n) is 14.9. The number of aryl methyl sites for hydroxylation is 1. The van der Waals surface area contributed by atoms with Crippen molar-refractivity contribution in [2.24, 2.45) is 0 Å². The highest BCUT2D eigenvalue weighted by Gasteiger charge is 2.26.